The number of carbonyl (C=O) groups excluding carboxylic acids is 2. The second-order valence-corrected chi connectivity index (χ2v) is 7.02. The SMILES string of the molecule is COC(=O)CCc1ccc(OCC2CC(=O)N(c3ccc(Cl)cc3)C2)cc1. The molecule has 0 aromatic heterocycles. The minimum absolute atomic E-state index is 0.101. The van der Waals surface area contributed by atoms with Crippen LogP contribution in [-0.2, 0) is 20.7 Å². The number of rotatable bonds is 7. The molecular formula is C21H22ClNO4. The Balaban J connectivity index is 1.49. The minimum atomic E-state index is -0.216. The molecular weight excluding hydrogens is 366 g/mol. The number of hydrogen-bond acceptors (Lipinski definition) is 4. The van der Waals surface area contributed by atoms with E-state index in [2.05, 4.69) is 4.74 Å². The molecule has 2 aromatic carbocycles. The molecule has 1 saturated heterocycles. The van der Waals surface area contributed by atoms with Crippen molar-refractivity contribution in [3.05, 3.63) is 59.1 Å². The molecule has 1 aliphatic rings. The van der Waals surface area contributed by atoms with Gasteiger partial charge >= 0.3 is 5.97 Å². The van der Waals surface area contributed by atoms with Crippen LogP contribution in [0.15, 0.2) is 48.5 Å². The first kappa shape index (κ1) is 19.2. The highest BCUT2D eigenvalue weighted by Crippen LogP contribution is 2.27. The average molecular weight is 388 g/mol. The second kappa shape index (κ2) is 8.91. The van der Waals surface area contributed by atoms with E-state index in [4.69, 9.17) is 16.3 Å². The number of ether oxygens (including phenoxy) is 2. The third kappa shape index (κ3) is 5.23. The Morgan fingerprint density at radius 2 is 1.85 bits per heavy atom. The van der Waals surface area contributed by atoms with Crippen molar-refractivity contribution in [1.29, 1.82) is 0 Å². The van der Waals surface area contributed by atoms with E-state index in [9.17, 15) is 9.59 Å². The van der Waals surface area contributed by atoms with Gasteiger partial charge in [-0.3, -0.25) is 9.59 Å². The fraction of sp³-hybridized carbons (Fsp3) is 0.333. The van der Waals surface area contributed by atoms with Crippen molar-refractivity contribution in [3.63, 3.8) is 0 Å². The number of aryl methyl sites for hydroxylation is 1. The van der Waals surface area contributed by atoms with Crippen molar-refractivity contribution in [2.75, 3.05) is 25.2 Å². The van der Waals surface area contributed by atoms with Crippen LogP contribution in [0.5, 0.6) is 5.75 Å². The predicted molar refractivity (Wildman–Crippen MR) is 104 cm³/mol. The van der Waals surface area contributed by atoms with Crippen LogP contribution < -0.4 is 9.64 Å². The lowest BCUT2D eigenvalue weighted by Crippen LogP contribution is -2.25. The van der Waals surface area contributed by atoms with Crippen LogP contribution in [-0.4, -0.2) is 32.1 Å². The van der Waals surface area contributed by atoms with E-state index in [1.54, 1.807) is 17.0 Å². The molecule has 1 fully saturated rings. The highest BCUT2D eigenvalue weighted by molar-refractivity contribution is 6.30. The molecule has 142 valence electrons. The van der Waals surface area contributed by atoms with Gasteiger partial charge in [0.15, 0.2) is 0 Å². The molecule has 0 N–H and O–H groups in total. The molecule has 1 unspecified atom stereocenters. The summed E-state index contributed by atoms with van der Waals surface area (Å²) in [6.45, 7) is 1.12. The zero-order valence-electron chi connectivity index (χ0n) is 15.2. The van der Waals surface area contributed by atoms with Gasteiger partial charge in [0, 0.05) is 36.0 Å². The Labute approximate surface area is 163 Å². The van der Waals surface area contributed by atoms with Crippen molar-refractivity contribution in [2.45, 2.75) is 19.3 Å². The predicted octanol–water partition coefficient (Wildman–Crippen LogP) is 3.88. The van der Waals surface area contributed by atoms with Gasteiger partial charge in [-0.15, -0.1) is 0 Å². The maximum absolute atomic E-state index is 12.3. The van der Waals surface area contributed by atoms with Gasteiger partial charge in [0.25, 0.3) is 0 Å². The topological polar surface area (TPSA) is 55.8 Å². The zero-order chi connectivity index (χ0) is 19.2. The summed E-state index contributed by atoms with van der Waals surface area (Å²) in [5.74, 6) is 0.789. The Kier molecular flexibility index (Phi) is 6.35. The number of amides is 1. The van der Waals surface area contributed by atoms with Crippen LogP contribution in [0.1, 0.15) is 18.4 Å². The van der Waals surface area contributed by atoms with Crippen LogP contribution in [0.3, 0.4) is 0 Å². The van der Waals surface area contributed by atoms with E-state index in [0.29, 0.717) is 37.4 Å². The fourth-order valence-corrected chi connectivity index (χ4v) is 3.20. The summed E-state index contributed by atoms with van der Waals surface area (Å²) in [6, 6.07) is 15.0. The Morgan fingerprint density at radius 1 is 1.15 bits per heavy atom. The standard InChI is InChI=1S/C21H22ClNO4/c1-26-21(25)11-4-15-2-9-19(10-3-15)27-14-16-12-20(24)23(13-16)18-7-5-17(22)6-8-18/h2-3,5-10,16H,4,11-14H2,1H3. The number of carbonyl (C=O) groups is 2. The van der Waals surface area contributed by atoms with Gasteiger partial charge in [0.05, 0.1) is 13.7 Å². The Hall–Kier alpha value is -2.53. The molecule has 0 aliphatic carbocycles. The number of nitrogens with zero attached hydrogens (tertiary/aromatic N) is 1. The van der Waals surface area contributed by atoms with Crippen LogP contribution in [0.25, 0.3) is 0 Å². The van der Waals surface area contributed by atoms with Crippen LogP contribution in [0.2, 0.25) is 5.02 Å². The number of hydrogen-bond donors (Lipinski definition) is 0. The van der Waals surface area contributed by atoms with Crippen LogP contribution in [0, 0.1) is 5.92 Å². The smallest absolute Gasteiger partial charge is 0.305 e. The molecule has 3 rings (SSSR count). The molecule has 5 nitrogen and oxygen atoms in total. The summed E-state index contributed by atoms with van der Waals surface area (Å²) < 4.78 is 10.5. The maximum atomic E-state index is 12.3. The van der Waals surface area contributed by atoms with Gasteiger partial charge in [0.1, 0.15) is 5.75 Å². The molecule has 0 radical (unpaired) electrons. The molecule has 6 heteroatoms. The summed E-state index contributed by atoms with van der Waals surface area (Å²) in [4.78, 5) is 25.2. The largest absolute Gasteiger partial charge is 0.493 e. The molecule has 2 aromatic rings. The van der Waals surface area contributed by atoms with Crippen molar-refractivity contribution in [3.8, 4) is 5.75 Å². The molecule has 0 bridgehead atoms. The van der Waals surface area contributed by atoms with E-state index >= 15 is 0 Å². The van der Waals surface area contributed by atoms with Crippen molar-refractivity contribution < 1.29 is 19.1 Å². The van der Waals surface area contributed by atoms with Crippen molar-refractivity contribution in [2.24, 2.45) is 5.92 Å². The summed E-state index contributed by atoms with van der Waals surface area (Å²) in [6.07, 6.45) is 1.47. The summed E-state index contributed by atoms with van der Waals surface area (Å²) in [7, 11) is 1.39. The molecule has 1 atom stereocenters. The lowest BCUT2D eigenvalue weighted by molar-refractivity contribution is -0.140. The quantitative estimate of drug-likeness (QED) is 0.676. The van der Waals surface area contributed by atoms with E-state index in [-0.39, 0.29) is 17.8 Å². The highest BCUT2D eigenvalue weighted by Gasteiger charge is 2.31. The first-order valence-corrected chi connectivity index (χ1v) is 9.27. The van der Waals surface area contributed by atoms with Crippen LogP contribution in [0.4, 0.5) is 5.69 Å². The van der Waals surface area contributed by atoms with Gasteiger partial charge in [-0.05, 0) is 48.4 Å². The minimum Gasteiger partial charge on any atom is -0.493 e. The van der Waals surface area contributed by atoms with E-state index in [0.717, 1.165) is 17.0 Å². The van der Waals surface area contributed by atoms with Gasteiger partial charge in [-0.25, -0.2) is 0 Å². The second-order valence-electron chi connectivity index (χ2n) is 6.58. The molecule has 1 amide bonds. The summed E-state index contributed by atoms with van der Waals surface area (Å²) >= 11 is 5.91. The van der Waals surface area contributed by atoms with E-state index < -0.39 is 0 Å². The lowest BCUT2D eigenvalue weighted by atomic mass is 10.1. The summed E-state index contributed by atoms with van der Waals surface area (Å²) in [5, 5.41) is 0.653. The molecule has 0 spiro atoms. The first-order valence-electron chi connectivity index (χ1n) is 8.89. The monoisotopic (exact) mass is 387 g/mol. The highest BCUT2D eigenvalue weighted by atomic mass is 35.5. The van der Waals surface area contributed by atoms with Gasteiger partial charge in [0.2, 0.25) is 5.91 Å². The van der Waals surface area contributed by atoms with Gasteiger partial charge in [-0.2, -0.15) is 0 Å². The third-order valence-corrected chi connectivity index (χ3v) is 4.85. The molecule has 27 heavy (non-hydrogen) atoms. The zero-order valence-corrected chi connectivity index (χ0v) is 15.9. The number of anilines is 1. The normalized spacial score (nSPS) is 16.4. The Morgan fingerprint density at radius 3 is 2.52 bits per heavy atom. The van der Waals surface area contributed by atoms with Crippen molar-refractivity contribution >= 4 is 29.2 Å². The maximum Gasteiger partial charge on any atom is 0.305 e. The van der Waals surface area contributed by atoms with Gasteiger partial charge < -0.3 is 14.4 Å². The fourth-order valence-electron chi connectivity index (χ4n) is 3.08. The van der Waals surface area contributed by atoms with Crippen molar-refractivity contribution in [1.82, 2.24) is 0 Å². The first-order chi connectivity index (χ1) is 13.0. The Bertz CT molecular complexity index is 789. The van der Waals surface area contributed by atoms with E-state index in [1.165, 1.54) is 7.11 Å². The van der Waals surface area contributed by atoms with E-state index in [1.807, 2.05) is 36.4 Å². The van der Waals surface area contributed by atoms with Crippen LogP contribution >= 0.6 is 11.6 Å². The lowest BCUT2D eigenvalue weighted by Gasteiger charge is -2.17. The number of benzene rings is 2. The molecule has 1 heterocycles. The summed E-state index contributed by atoms with van der Waals surface area (Å²) in [5.41, 5.74) is 1.92. The third-order valence-electron chi connectivity index (χ3n) is 4.60. The van der Waals surface area contributed by atoms with Gasteiger partial charge in [-0.1, -0.05) is 23.7 Å². The number of esters is 1. The number of methoxy groups -OCH3 is 1. The number of halogens is 1. The average Bonchev–Trinajstić information content (AvgIpc) is 3.06. The molecule has 1 aliphatic heterocycles. The molecule has 0 saturated carbocycles.